The van der Waals surface area contributed by atoms with Gasteiger partial charge in [-0.15, -0.1) is 0 Å². The summed E-state index contributed by atoms with van der Waals surface area (Å²) in [6, 6.07) is 25.4. The highest BCUT2D eigenvalue weighted by Gasteiger charge is 2.08. The van der Waals surface area contributed by atoms with Gasteiger partial charge in [0.05, 0.1) is 16.7 Å². The van der Waals surface area contributed by atoms with Crippen molar-refractivity contribution in [2.45, 2.75) is 0 Å². The Bertz CT molecular complexity index is 1150. The third-order valence-corrected chi connectivity index (χ3v) is 4.43. The number of aromatic nitrogens is 2. The molecule has 0 aliphatic rings. The third kappa shape index (κ3) is 1.85. The smallest absolute Gasteiger partial charge is 0.0709 e. The van der Waals surface area contributed by atoms with Crippen molar-refractivity contribution < 1.29 is 0 Å². The lowest BCUT2D eigenvalue weighted by molar-refractivity contribution is 1.26. The lowest BCUT2D eigenvalue weighted by atomic mass is 10.1. The lowest BCUT2D eigenvalue weighted by Crippen LogP contribution is -1.88. The molecule has 0 bridgehead atoms. The molecule has 0 amide bonds. The molecule has 0 radical (unpaired) electrons. The number of rotatable bonds is 1. The van der Waals surface area contributed by atoms with Crippen LogP contribution in [-0.2, 0) is 0 Å². The Morgan fingerprint density at radius 2 is 1.52 bits per heavy atom. The van der Waals surface area contributed by atoms with Gasteiger partial charge in [-0.2, -0.15) is 0 Å². The van der Waals surface area contributed by atoms with E-state index < -0.39 is 0 Å². The molecule has 0 aliphatic carbocycles. The maximum atomic E-state index is 4.63. The van der Waals surface area contributed by atoms with Crippen LogP contribution in [0, 0.1) is 0 Å². The van der Waals surface area contributed by atoms with Gasteiger partial charge in [-0.1, -0.05) is 48.5 Å². The molecular weight excluding hydrogens is 280 g/mol. The topological polar surface area (TPSA) is 17.3 Å². The molecular formula is C21H14N2. The van der Waals surface area contributed by atoms with Gasteiger partial charge >= 0.3 is 0 Å². The van der Waals surface area contributed by atoms with Crippen molar-refractivity contribution in [3.63, 3.8) is 0 Å². The average molecular weight is 294 g/mol. The number of benzene rings is 2. The Hall–Kier alpha value is -3.13. The summed E-state index contributed by atoms with van der Waals surface area (Å²) < 4.78 is 2.26. The van der Waals surface area contributed by atoms with E-state index >= 15 is 0 Å². The third-order valence-electron chi connectivity index (χ3n) is 4.43. The summed E-state index contributed by atoms with van der Waals surface area (Å²) in [4.78, 5) is 4.63. The Balaban J connectivity index is 1.88. The van der Waals surface area contributed by atoms with Gasteiger partial charge in [-0.25, -0.2) is 0 Å². The molecule has 0 spiro atoms. The first-order valence-corrected chi connectivity index (χ1v) is 7.74. The maximum absolute atomic E-state index is 4.63. The van der Waals surface area contributed by atoms with Gasteiger partial charge in [0.15, 0.2) is 0 Å². The summed E-state index contributed by atoms with van der Waals surface area (Å²) >= 11 is 0. The van der Waals surface area contributed by atoms with Gasteiger partial charge in [-0.3, -0.25) is 4.98 Å². The van der Waals surface area contributed by atoms with E-state index in [1.54, 1.807) is 0 Å². The molecule has 5 aromatic rings. The molecule has 3 aromatic heterocycles. The van der Waals surface area contributed by atoms with Crippen LogP contribution in [0.5, 0.6) is 0 Å². The van der Waals surface area contributed by atoms with E-state index in [1.807, 2.05) is 24.4 Å². The van der Waals surface area contributed by atoms with E-state index in [2.05, 4.69) is 70.2 Å². The Kier molecular flexibility index (Phi) is 2.53. The van der Waals surface area contributed by atoms with Crippen molar-refractivity contribution in [1.29, 1.82) is 0 Å². The molecule has 0 saturated heterocycles. The van der Waals surface area contributed by atoms with Crippen LogP contribution in [0.2, 0.25) is 0 Å². The zero-order chi connectivity index (χ0) is 15.2. The van der Waals surface area contributed by atoms with Crippen LogP contribution in [0.4, 0.5) is 0 Å². The van der Waals surface area contributed by atoms with E-state index in [0.717, 1.165) is 11.3 Å². The average Bonchev–Trinajstić information content (AvgIpc) is 3.01. The minimum atomic E-state index is 1.01. The van der Waals surface area contributed by atoms with Gasteiger partial charge < -0.3 is 4.40 Å². The predicted molar refractivity (Wildman–Crippen MR) is 95.6 cm³/mol. The molecule has 108 valence electrons. The Morgan fingerprint density at radius 3 is 2.43 bits per heavy atom. The van der Waals surface area contributed by atoms with Crippen molar-refractivity contribution >= 4 is 27.2 Å². The summed E-state index contributed by atoms with van der Waals surface area (Å²) in [5.74, 6) is 0. The number of hydrogen-bond donors (Lipinski definition) is 0. The SMILES string of the molecule is c1ccc(-c2cc3c(ccn4c5ccccc5cc34)cn2)cc1. The maximum Gasteiger partial charge on any atom is 0.0709 e. The van der Waals surface area contributed by atoms with Crippen LogP contribution in [-0.4, -0.2) is 9.38 Å². The van der Waals surface area contributed by atoms with E-state index in [0.29, 0.717) is 0 Å². The first-order valence-electron chi connectivity index (χ1n) is 7.74. The molecule has 2 heteroatoms. The summed E-state index contributed by atoms with van der Waals surface area (Å²) in [7, 11) is 0. The number of pyridine rings is 2. The largest absolute Gasteiger partial charge is 0.316 e. The molecule has 0 N–H and O–H groups in total. The summed E-state index contributed by atoms with van der Waals surface area (Å²) in [6.07, 6.45) is 4.10. The number of nitrogens with zero attached hydrogens (tertiary/aromatic N) is 2. The minimum absolute atomic E-state index is 1.01. The van der Waals surface area contributed by atoms with Crippen LogP contribution in [0.15, 0.2) is 85.2 Å². The molecule has 0 saturated carbocycles. The normalized spacial score (nSPS) is 11.5. The van der Waals surface area contributed by atoms with Gasteiger partial charge in [0, 0.05) is 34.1 Å². The quantitative estimate of drug-likeness (QED) is 0.409. The summed E-state index contributed by atoms with van der Waals surface area (Å²) in [6.45, 7) is 0. The van der Waals surface area contributed by atoms with Gasteiger partial charge in [0.2, 0.25) is 0 Å². The molecule has 0 aliphatic heterocycles. The van der Waals surface area contributed by atoms with Crippen LogP contribution < -0.4 is 0 Å². The molecule has 0 fully saturated rings. The molecule has 5 rings (SSSR count). The van der Waals surface area contributed by atoms with Gasteiger partial charge in [0.1, 0.15) is 0 Å². The zero-order valence-electron chi connectivity index (χ0n) is 12.5. The van der Waals surface area contributed by atoms with Crippen molar-refractivity contribution in [2.24, 2.45) is 0 Å². The fourth-order valence-electron chi connectivity index (χ4n) is 3.29. The van der Waals surface area contributed by atoms with Crippen LogP contribution in [0.1, 0.15) is 0 Å². The highest BCUT2D eigenvalue weighted by atomic mass is 14.9. The standard InChI is InChI=1S/C21H14N2/c1-2-6-15(7-3-1)19-13-18-17(14-22-19)10-11-23-20-9-5-4-8-16(20)12-21(18)23/h1-14H. The number of para-hydroxylation sites is 1. The number of fused-ring (bicyclic) bond motifs is 5. The molecule has 23 heavy (non-hydrogen) atoms. The van der Waals surface area contributed by atoms with Crippen LogP contribution in [0.3, 0.4) is 0 Å². The Labute approximate surface area is 133 Å². The highest BCUT2D eigenvalue weighted by molar-refractivity contribution is 6.03. The van der Waals surface area contributed by atoms with Crippen molar-refractivity contribution in [1.82, 2.24) is 9.38 Å². The molecule has 0 atom stereocenters. The van der Waals surface area contributed by atoms with E-state index in [-0.39, 0.29) is 0 Å². The second kappa shape index (κ2) is 4.68. The van der Waals surface area contributed by atoms with Crippen molar-refractivity contribution in [3.8, 4) is 11.3 Å². The van der Waals surface area contributed by atoms with Crippen molar-refractivity contribution in [3.05, 3.63) is 85.2 Å². The van der Waals surface area contributed by atoms with E-state index in [9.17, 15) is 0 Å². The summed E-state index contributed by atoms with van der Waals surface area (Å²) in [5.41, 5.74) is 4.62. The van der Waals surface area contributed by atoms with Gasteiger partial charge in [-0.05, 0) is 24.3 Å². The first-order chi connectivity index (χ1) is 11.4. The van der Waals surface area contributed by atoms with Gasteiger partial charge in [0.25, 0.3) is 0 Å². The highest BCUT2D eigenvalue weighted by Crippen LogP contribution is 2.29. The fraction of sp³-hybridized carbons (Fsp3) is 0. The first kappa shape index (κ1) is 12.4. The molecule has 3 heterocycles. The lowest BCUT2D eigenvalue weighted by Gasteiger charge is -2.06. The predicted octanol–water partition coefficient (Wildman–Crippen LogP) is 5.31. The minimum Gasteiger partial charge on any atom is -0.316 e. The Morgan fingerprint density at radius 1 is 0.696 bits per heavy atom. The second-order valence-electron chi connectivity index (χ2n) is 5.80. The van der Waals surface area contributed by atoms with E-state index in [4.69, 9.17) is 0 Å². The van der Waals surface area contributed by atoms with Crippen molar-refractivity contribution in [2.75, 3.05) is 0 Å². The monoisotopic (exact) mass is 294 g/mol. The van der Waals surface area contributed by atoms with Crippen LogP contribution >= 0.6 is 0 Å². The zero-order valence-corrected chi connectivity index (χ0v) is 12.5. The summed E-state index contributed by atoms with van der Waals surface area (Å²) in [5, 5.41) is 3.66. The molecule has 2 aromatic carbocycles. The number of hydrogen-bond acceptors (Lipinski definition) is 1. The molecule has 0 unspecified atom stereocenters. The second-order valence-corrected chi connectivity index (χ2v) is 5.80. The van der Waals surface area contributed by atoms with Crippen LogP contribution in [0.25, 0.3) is 38.4 Å². The molecule has 2 nitrogen and oxygen atoms in total. The van der Waals surface area contributed by atoms with E-state index in [1.165, 1.54) is 27.2 Å². The fourth-order valence-corrected chi connectivity index (χ4v) is 3.29.